The third-order valence-corrected chi connectivity index (χ3v) is 4.63. The fourth-order valence-corrected chi connectivity index (χ4v) is 3.48. The van der Waals surface area contributed by atoms with E-state index in [1.54, 1.807) is 0 Å². The maximum atomic E-state index is 3.57. The van der Waals surface area contributed by atoms with E-state index in [4.69, 9.17) is 0 Å². The maximum Gasteiger partial charge on any atom is 0.00699 e. The van der Waals surface area contributed by atoms with Crippen LogP contribution in [-0.4, -0.2) is 36.6 Å². The van der Waals surface area contributed by atoms with Crippen molar-refractivity contribution in [2.45, 2.75) is 65.0 Å². The summed E-state index contributed by atoms with van der Waals surface area (Å²) in [5.41, 5.74) is 0.512. The average molecular weight is 224 g/mol. The normalized spacial score (nSPS) is 42.2. The van der Waals surface area contributed by atoms with Crippen molar-refractivity contribution in [3.05, 3.63) is 0 Å². The molecule has 0 saturated carbocycles. The van der Waals surface area contributed by atoms with Gasteiger partial charge in [0.2, 0.25) is 0 Å². The number of hydrogen-bond donors (Lipinski definition) is 1. The van der Waals surface area contributed by atoms with Crippen LogP contribution >= 0.6 is 0 Å². The molecule has 94 valence electrons. The average Bonchev–Trinajstić information content (AvgIpc) is 2.25. The van der Waals surface area contributed by atoms with E-state index in [-0.39, 0.29) is 0 Å². The lowest BCUT2D eigenvalue weighted by molar-refractivity contribution is 0.0438. The van der Waals surface area contributed by atoms with Crippen LogP contribution in [-0.2, 0) is 0 Å². The van der Waals surface area contributed by atoms with E-state index in [1.165, 1.54) is 51.7 Å². The molecule has 2 heteroatoms. The van der Waals surface area contributed by atoms with Crippen molar-refractivity contribution in [2.24, 2.45) is 5.41 Å². The zero-order valence-corrected chi connectivity index (χ0v) is 11.3. The smallest absolute Gasteiger partial charge is 0.00699 e. The number of hydrogen-bond acceptors (Lipinski definition) is 2. The van der Waals surface area contributed by atoms with Crippen LogP contribution < -0.4 is 5.32 Å². The number of piperidine rings is 2. The van der Waals surface area contributed by atoms with Gasteiger partial charge in [0, 0.05) is 25.2 Å². The van der Waals surface area contributed by atoms with Crippen molar-refractivity contribution in [3.63, 3.8) is 0 Å². The second-order valence-corrected chi connectivity index (χ2v) is 6.39. The molecule has 2 fully saturated rings. The number of nitrogens with one attached hydrogen (secondary N) is 1. The monoisotopic (exact) mass is 224 g/mol. The lowest BCUT2D eigenvalue weighted by Gasteiger charge is -2.46. The van der Waals surface area contributed by atoms with Crippen molar-refractivity contribution in [2.75, 3.05) is 19.6 Å². The summed E-state index contributed by atoms with van der Waals surface area (Å²) in [6.07, 6.45) is 6.97. The van der Waals surface area contributed by atoms with Gasteiger partial charge in [-0.2, -0.15) is 0 Å². The minimum atomic E-state index is 0.512. The van der Waals surface area contributed by atoms with Gasteiger partial charge < -0.3 is 5.32 Å². The van der Waals surface area contributed by atoms with Crippen LogP contribution in [0.25, 0.3) is 0 Å². The van der Waals surface area contributed by atoms with Crippen molar-refractivity contribution in [1.82, 2.24) is 10.2 Å². The summed E-state index contributed by atoms with van der Waals surface area (Å²) in [5, 5.41) is 3.57. The first-order valence-corrected chi connectivity index (χ1v) is 7.07. The van der Waals surface area contributed by atoms with Gasteiger partial charge in [0.15, 0.2) is 0 Å². The molecule has 1 unspecified atom stereocenters. The molecule has 2 saturated heterocycles. The fraction of sp³-hybridized carbons (Fsp3) is 1.00. The van der Waals surface area contributed by atoms with Gasteiger partial charge in [0.1, 0.15) is 0 Å². The van der Waals surface area contributed by atoms with E-state index in [9.17, 15) is 0 Å². The quantitative estimate of drug-likeness (QED) is 0.776. The summed E-state index contributed by atoms with van der Waals surface area (Å²) in [4.78, 5) is 2.76. The fourth-order valence-electron chi connectivity index (χ4n) is 3.48. The van der Waals surface area contributed by atoms with Gasteiger partial charge in [-0.05, 0) is 51.5 Å². The van der Waals surface area contributed by atoms with Crippen molar-refractivity contribution < 1.29 is 0 Å². The Bertz CT molecular complexity index is 211. The molecule has 0 aromatic heterocycles. The molecule has 0 radical (unpaired) electrons. The molecule has 0 bridgehead atoms. The predicted molar refractivity (Wildman–Crippen MR) is 69.7 cm³/mol. The molecule has 2 rings (SSSR count). The summed E-state index contributed by atoms with van der Waals surface area (Å²) in [7, 11) is 0. The van der Waals surface area contributed by atoms with Gasteiger partial charge in [-0.1, -0.05) is 13.3 Å². The highest BCUT2D eigenvalue weighted by Crippen LogP contribution is 2.31. The standard InChI is InChI=1S/C14H28N2/c1-12-6-4-7-13(2)16(12)11-14(3)8-5-9-15-10-14/h12-13,15H,4-11H2,1-3H3/t12-,13+,14?. The molecule has 0 aromatic rings. The molecule has 2 heterocycles. The van der Waals surface area contributed by atoms with Crippen LogP contribution in [0.3, 0.4) is 0 Å². The highest BCUT2D eigenvalue weighted by atomic mass is 15.2. The van der Waals surface area contributed by atoms with E-state index in [0.717, 1.165) is 12.1 Å². The molecular formula is C14H28N2. The summed E-state index contributed by atoms with van der Waals surface area (Å²) >= 11 is 0. The molecule has 16 heavy (non-hydrogen) atoms. The first-order valence-electron chi connectivity index (χ1n) is 7.07. The molecule has 0 aliphatic carbocycles. The number of nitrogens with zero attached hydrogens (tertiary/aromatic N) is 1. The lowest BCUT2D eigenvalue weighted by atomic mass is 9.80. The van der Waals surface area contributed by atoms with Crippen LogP contribution in [0.4, 0.5) is 0 Å². The van der Waals surface area contributed by atoms with Crippen LogP contribution in [0, 0.1) is 5.41 Å². The van der Waals surface area contributed by atoms with Gasteiger partial charge in [0.05, 0.1) is 0 Å². The van der Waals surface area contributed by atoms with Gasteiger partial charge in [-0.3, -0.25) is 4.90 Å². The molecule has 2 aliphatic rings. The van der Waals surface area contributed by atoms with E-state index >= 15 is 0 Å². The second kappa shape index (κ2) is 5.05. The van der Waals surface area contributed by atoms with Gasteiger partial charge >= 0.3 is 0 Å². The Morgan fingerprint density at radius 1 is 1.19 bits per heavy atom. The molecular weight excluding hydrogens is 196 g/mol. The molecule has 1 N–H and O–H groups in total. The van der Waals surface area contributed by atoms with E-state index in [1.807, 2.05) is 0 Å². The topological polar surface area (TPSA) is 15.3 Å². The van der Waals surface area contributed by atoms with E-state index in [0.29, 0.717) is 5.41 Å². The van der Waals surface area contributed by atoms with Crippen LogP contribution in [0.2, 0.25) is 0 Å². The van der Waals surface area contributed by atoms with Crippen LogP contribution in [0.1, 0.15) is 52.9 Å². The Morgan fingerprint density at radius 3 is 2.44 bits per heavy atom. The zero-order valence-electron chi connectivity index (χ0n) is 11.3. The minimum absolute atomic E-state index is 0.512. The largest absolute Gasteiger partial charge is 0.316 e. The van der Waals surface area contributed by atoms with E-state index in [2.05, 4.69) is 31.0 Å². The van der Waals surface area contributed by atoms with Crippen molar-refractivity contribution in [1.29, 1.82) is 0 Å². The Hall–Kier alpha value is -0.0800. The highest BCUT2D eigenvalue weighted by molar-refractivity contribution is 4.89. The van der Waals surface area contributed by atoms with Gasteiger partial charge in [-0.25, -0.2) is 0 Å². The zero-order chi connectivity index (χ0) is 11.6. The summed E-state index contributed by atoms with van der Waals surface area (Å²) in [6.45, 7) is 11.0. The first kappa shape index (κ1) is 12.4. The van der Waals surface area contributed by atoms with Crippen molar-refractivity contribution >= 4 is 0 Å². The number of rotatable bonds is 2. The minimum Gasteiger partial charge on any atom is -0.316 e. The highest BCUT2D eigenvalue weighted by Gasteiger charge is 2.33. The Labute approximate surface area is 101 Å². The van der Waals surface area contributed by atoms with Gasteiger partial charge in [0.25, 0.3) is 0 Å². The van der Waals surface area contributed by atoms with Crippen LogP contribution in [0.15, 0.2) is 0 Å². The third-order valence-electron chi connectivity index (χ3n) is 4.63. The van der Waals surface area contributed by atoms with Gasteiger partial charge in [-0.15, -0.1) is 0 Å². The summed E-state index contributed by atoms with van der Waals surface area (Å²) < 4.78 is 0. The summed E-state index contributed by atoms with van der Waals surface area (Å²) in [6, 6.07) is 1.59. The molecule has 0 amide bonds. The maximum absolute atomic E-state index is 3.57. The number of likely N-dealkylation sites (tertiary alicyclic amines) is 1. The SMILES string of the molecule is C[C@@H]1CCC[C@H](C)N1CC1(C)CCCNC1. The van der Waals surface area contributed by atoms with Crippen LogP contribution in [0.5, 0.6) is 0 Å². The molecule has 3 atom stereocenters. The lowest BCUT2D eigenvalue weighted by Crippen LogP contribution is -2.52. The summed E-state index contributed by atoms with van der Waals surface area (Å²) in [5.74, 6) is 0. The molecule has 0 spiro atoms. The van der Waals surface area contributed by atoms with Crippen molar-refractivity contribution in [3.8, 4) is 0 Å². The molecule has 2 aliphatic heterocycles. The Balaban J connectivity index is 1.95. The van der Waals surface area contributed by atoms with E-state index < -0.39 is 0 Å². The second-order valence-electron chi connectivity index (χ2n) is 6.39. The first-order chi connectivity index (χ1) is 7.61. The third kappa shape index (κ3) is 2.78. The Kier molecular flexibility index (Phi) is 3.91. The molecule has 0 aromatic carbocycles. The molecule has 2 nitrogen and oxygen atoms in total. The predicted octanol–water partition coefficient (Wildman–Crippen LogP) is 2.64. The Morgan fingerprint density at radius 2 is 1.88 bits per heavy atom.